The lowest BCUT2D eigenvalue weighted by Gasteiger charge is -2.48. The molecular formula is C21H26N4O3. The van der Waals surface area contributed by atoms with Gasteiger partial charge in [0.1, 0.15) is 5.76 Å². The molecule has 2 saturated heterocycles. The molecule has 5 rings (SSSR count). The number of aromatic nitrogens is 2. The first-order valence-corrected chi connectivity index (χ1v) is 10.3. The standard InChI is InChI=1S/C21H26N4O3/c26-19-7-9-21(15-25(19)16-3-4-16)8-1-11-23(14-21)20(27)18-6-5-17(28-18)13-24-12-2-10-22-24/h2,5-6,10,12,16H,1,3-4,7-9,11,13-15H2/t21-/m1/s1. The minimum Gasteiger partial charge on any atom is -0.454 e. The minimum atomic E-state index is -0.0411. The second kappa shape index (κ2) is 6.79. The van der Waals surface area contributed by atoms with E-state index in [1.165, 1.54) is 0 Å². The summed E-state index contributed by atoms with van der Waals surface area (Å²) >= 11 is 0. The van der Waals surface area contributed by atoms with Gasteiger partial charge >= 0.3 is 0 Å². The van der Waals surface area contributed by atoms with E-state index < -0.39 is 0 Å². The van der Waals surface area contributed by atoms with Gasteiger partial charge in [0.15, 0.2) is 5.76 Å². The predicted octanol–water partition coefficient (Wildman–Crippen LogP) is 2.53. The molecule has 2 aromatic rings. The maximum Gasteiger partial charge on any atom is 0.289 e. The number of nitrogens with zero attached hydrogens (tertiary/aromatic N) is 4. The van der Waals surface area contributed by atoms with Crippen LogP contribution in [0.15, 0.2) is 35.0 Å². The maximum atomic E-state index is 13.1. The number of piperidine rings is 2. The van der Waals surface area contributed by atoms with Crippen LogP contribution in [0.2, 0.25) is 0 Å². The largest absolute Gasteiger partial charge is 0.454 e. The highest BCUT2D eigenvalue weighted by Gasteiger charge is 2.46. The molecule has 0 unspecified atom stereocenters. The monoisotopic (exact) mass is 382 g/mol. The molecule has 2 amide bonds. The van der Waals surface area contributed by atoms with Crippen LogP contribution in [0, 0.1) is 5.41 Å². The third-order valence-corrected chi connectivity index (χ3v) is 6.38. The topological polar surface area (TPSA) is 71.6 Å². The van der Waals surface area contributed by atoms with Crippen molar-refractivity contribution in [3.05, 3.63) is 42.1 Å². The van der Waals surface area contributed by atoms with Crippen molar-refractivity contribution in [2.75, 3.05) is 19.6 Å². The van der Waals surface area contributed by atoms with Crippen molar-refractivity contribution >= 4 is 11.8 Å². The Morgan fingerprint density at radius 3 is 2.93 bits per heavy atom. The van der Waals surface area contributed by atoms with Crippen LogP contribution in [0.4, 0.5) is 0 Å². The molecule has 4 heterocycles. The van der Waals surface area contributed by atoms with Gasteiger partial charge in [-0.15, -0.1) is 0 Å². The van der Waals surface area contributed by atoms with E-state index in [1.54, 1.807) is 16.9 Å². The molecule has 3 aliphatic rings. The van der Waals surface area contributed by atoms with Crippen molar-refractivity contribution < 1.29 is 14.0 Å². The van der Waals surface area contributed by atoms with E-state index in [-0.39, 0.29) is 11.3 Å². The number of amides is 2. The third kappa shape index (κ3) is 3.34. The Morgan fingerprint density at radius 2 is 2.14 bits per heavy atom. The van der Waals surface area contributed by atoms with Crippen molar-refractivity contribution in [1.29, 1.82) is 0 Å². The minimum absolute atomic E-state index is 0.0411. The third-order valence-electron chi connectivity index (χ3n) is 6.38. The van der Waals surface area contributed by atoms with Gasteiger partial charge in [0, 0.05) is 49.9 Å². The van der Waals surface area contributed by atoms with Crippen molar-refractivity contribution in [2.45, 2.75) is 51.1 Å². The zero-order chi connectivity index (χ0) is 19.1. The van der Waals surface area contributed by atoms with E-state index in [2.05, 4.69) is 10.00 Å². The molecule has 7 nitrogen and oxygen atoms in total. The van der Waals surface area contributed by atoms with Gasteiger partial charge in [0.05, 0.1) is 6.54 Å². The van der Waals surface area contributed by atoms with E-state index in [4.69, 9.17) is 4.42 Å². The number of carbonyl (C=O) groups is 2. The Hall–Kier alpha value is -2.57. The van der Waals surface area contributed by atoms with E-state index in [0.717, 1.165) is 57.5 Å². The van der Waals surface area contributed by atoms with Gasteiger partial charge in [0.2, 0.25) is 5.91 Å². The molecule has 2 aromatic heterocycles. The van der Waals surface area contributed by atoms with Crippen LogP contribution in [0.5, 0.6) is 0 Å². The van der Waals surface area contributed by atoms with Crippen molar-refractivity contribution in [1.82, 2.24) is 19.6 Å². The van der Waals surface area contributed by atoms with Gasteiger partial charge in [-0.1, -0.05) is 0 Å². The molecule has 0 radical (unpaired) electrons. The molecule has 7 heteroatoms. The molecule has 0 aromatic carbocycles. The highest BCUT2D eigenvalue weighted by Crippen LogP contribution is 2.42. The van der Waals surface area contributed by atoms with Crippen LogP contribution in [0.3, 0.4) is 0 Å². The Kier molecular flexibility index (Phi) is 4.25. The van der Waals surface area contributed by atoms with Crippen molar-refractivity contribution in [2.24, 2.45) is 5.41 Å². The first-order valence-electron chi connectivity index (χ1n) is 10.3. The summed E-state index contributed by atoms with van der Waals surface area (Å²) in [4.78, 5) is 29.4. The molecule has 1 aliphatic carbocycles. The number of furan rings is 1. The van der Waals surface area contributed by atoms with E-state index in [1.807, 2.05) is 23.2 Å². The van der Waals surface area contributed by atoms with Crippen LogP contribution >= 0.6 is 0 Å². The lowest BCUT2D eigenvalue weighted by molar-refractivity contribution is -0.139. The number of likely N-dealkylation sites (tertiary alicyclic amines) is 2. The fourth-order valence-electron chi connectivity index (χ4n) is 4.76. The van der Waals surface area contributed by atoms with Crippen LogP contribution in [-0.2, 0) is 11.3 Å². The lowest BCUT2D eigenvalue weighted by atomic mass is 9.73. The summed E-state index contributed by atoms with van der Waals surface area (Å²) in [5, 5.41) is 4.17. The maximum absolute atomic E-state index is 13.1. The van der Waals surface area contributed by atoms with E-state index in [9.17, 15) is 9.59 Å². The quantitative estimate of drug-likeness (QED) is 0.815. The second-order valence-electron chi connectivity index (χ2n) is 8.55. The van der Waals surface area contributed by atoms with Gasteiger partial charge in [-0.3, -0.25) is 14.3 Å². The molecule has 2 aliphatic heterocycles. The van der Waals surface area contributed by atoms with Gasteiger partial charge < -0.3 is 14.2 Å². The summed E-state index contributed by atoms with van der Waals surface area (Å²) in [6.45, 7) is 2.80. The van der Waals surface area contributed by atoms with Gasteiger partial charge in [-0.25, -0.2) is 0 Å². The van der Waals surface area contributed by atoms with Gasteiger partial charge in [-0.05, 0) is 50.3 Å². The second-order valence-corrected chi connectivity index (χ2v) is 8.55. The van der Waals surface area contributed by atoms with Gasteiger partial charge in [0.25, 0.3) is 5.91 Å². The summed E-state index contributed by atoms with van der Waals surface area (Å²) in [6.07, 6.45) is 9.45. The van der Waals surface area contributed by atoms with Crippen LogP contribution in [0.1, 0.15) is 54.8 Å². The molecule has 1 saturated carbocycles. The fraction of sp³-hybridized carbons (Fsp3) is 0.571. The Balaban J connectivity index is 1.28. The molecule has 1 spiro atoms. The Labute approximate surface area is 164 Å². The smallest absolute Gasteiger partial charge is 0.289 e. The number of carbonyl (C=O) groups excluding carboxylic acids is 2. The lowest BCUT2D eigenvalue weighted by Crippen LogP contribution is -2.55. The first kappa shape index (κ1) is 17.5. The average molecular weight is 382 g/mol. The zero-order valence-electron chi connectivity index (χ0n) is 16.0. The summed E-state index contributed by atoms with van der Waals surface area (Å²) in [6, 6.07) is 5.93. The first-order chi connectivity index (χ1) is 13.6. The Morgan fingerprint density at radius 1 is 1.25 bits per heavy atom. The molecule has 28 heavy (non-hydrogen) atoms. The highest BCUT2D eigenvalue weighted by atomic mass is 16.4. The summed E-state index contributed by atoms with van der Waals surface area (Å²) in [5.74, 6) is 1.37. The molecule has 3 fully saturated rings. The van der Waals surface area contributed by atoms with Crippen LogP contribution in [-0.4, -0.2) is 57.1 Å². The number of hydrogen-bond acceptors (Lipinski definition) is 4. The van der Waals surface area contributed by atoms with Crippen LogP contribution < -0.4 is 0 Å². The number of rotatable bonds is 4. The summed E-state index contributed by atoms with van der Waals surface area (Å²) < 4.78 is 7.59. The molecule has 148 valence electrons. The molecule has 0 N–H and O–H groups in total. The van der Waals surface area contributed by atoms with Crippen molar-refractivity contribution in [3.63, 3.8) is 0 Å². The SMILES string of the molecule is O=C(c1ccc(Cn2cccn2)o1)N1CCC[C@@]2(CCC(=O)N(C3CC3)C2)C1. The predicted molar refractivity (Wildman–Crippen MR) is 102 cm³/mol. The molecule has 0 bridgehead atoms. The molecular weight excluding hydrogens is 356 g/mol. The van der Waals surface area contributed by atoms with Crippen LogP contribution in [0.25, 0.3) is 0 Å². The van der Waals surface area contributed by atoms with E-state index >= 15 is 0 Å². The van der Waals surface area contributed by atoms with Crippen molar-refractivity contribution in [3.8, 4) is 0 Å². The number of hydrogen-bond donors (Lipinski definition) is 0. The fourth-order valence-corrected chi connectivity index (χ4v) is 4.76. The van der Waals surface area contributed by atoms with Gasteiger partial charge in [-0.2, -0.15) is 5.10 Å². The Bertz CT molecular complexity index is 870. The zero-order valence-corrected chi connectivity index (χ0v) is 16.0. The highest BCUT2D eigenvalue weighted by molar-refractivity contribution is 5.91. The summed E-state index contributed by atoms with van der Waals surface area (Å²) in [7, 11) is 0. The van der Waals surface area contributed by atoms with E-state index in [0.29, 0.717) is 30.7 Å². The molecule has 1 atom stereocenters. The average Bonchev–Trinajstić information content (AvgIpc) is 3.22. The summed E-state index contributed by atoms with van der Waals surface area (Å²) in [5.41, 5.74) is 0.0505. The normalized spacial score (nSPS) is 25.5.